The van der Waals surface area contributed by atoms with Gasteiger partial charge < -0.3 is 10.4 Å². The van der Waals surface area contributed by atoms with Crippen LogP contribution < -0.4 is 5.32 Å². The van der Waals surface area contributed by atoms with Crippen LogP contribution in [-0.4, -0.2) is 23.2 Å². The van der Waals surface area contributed by atoms with Crippen LogP contribution in [0.2, 0.25) is 0 Å². The predicted molar refractivity (Wildman–Crippen MR) is 78.7 cm³/mol. The van der Waals surface area contributed by atoms with Crippen LogP contribution in [0.25, 0.3) is 0 Å². The molecule has 2 N–H and O–H groups in total. The van der Waals surface area contributed by atoms with Crippen molar-refractivity contribution in [2.75, 3.05) is 0 Å². The first-order chi connectivity index (χ1) is 10.2. The van der Waals surface area contributed by atoms with Crippen LogP contribution in [0, 0.1) is 0 Å². The van der Waals surface area contributed by atoms with E-state index in [2.05, 4.69) is 5.32 Å². The molecule has 0 heterocycles. The van der Waals surface area contributed by atoms with E-state index in [1.807, 2.05) is 13.8 Å². The van der Waals surface area contributed by atoms with Gasteiger partial charge in [-0.15, -0.1) is 0 Å². The lowest BCUT2D eigenvalue weighted by atomic mass is 10.0. The monoisotopic (exact) mass is 317 g/mol. The Hall–Kier alpha value is -1.56. The SMILES string of the molecule is CCCC(NC(C)CCc1cccc(C(F)(F)F)c1)C(=O)O. The quantitative estimate of drug-likeness (QED) is 0.765. The lowest BCUT2D eigenvalue weighted by molar-refractivity contribution is -0.140. The fraction of sp³-hybridized carbons (Fsp3) is 0.562. The van der Waals surface area contributed by atoms with E-state index in [4.69, 9.17) is 5.11 Å². The first-order valence-corrected chi connectivity index (χ1v) is 7.39. The third kappa shape index (κ3) is 6.05. The Morgan fingerprint density at radius 3 is 2.55 bits per heavy atom. The molecular weight excluding hydrogens is 295 g/mol. The Morgan fingerprint density at radius 1 is 1.32 bits per heavy atom. The van der Waals surface area contributed by atoms with Crippen LogP contribution in [0.1, 0.15) is 44.2 Å². The Balaban J connectivity index is 2.57. The van der Waals surface area contributed by atoms with Gasteiger partial charge in [-0.25, -0.2) is 0 Å². The minimum Gasteiger partial charge on any atom is -0.480 e. The van der Waals surface area contributed by atoms with Gasteiger partial charge in [0.15, 0.2) is 0 Å². The number of carbonyl (C=O) groups is 1. The summed E-state index contributed by atoms with van der Waals surface area (Å²) in [5.41, 5.74) is -0.0501. The van der Waals surface area contributed by atoms with E-state index < -0.39 is 23.8 Å². The lowest BCUT2D eigenvalue weighted by Crippen LogP contribution is -2.42. The van der Waals surface area contributed by atoms with E-state index in [1.165, 1.54) is 6.07 Å². The van der Waals surface area contributed by atoms with Crippen molar-refractivity contribution in [2.24, 2.45) is 0 Å². The summed E-state index contributed by atoms with van der Waals surface area (Å²) in [6, 6.07) is 4.56. The maximum atomic E-state index is 12.6. The van der Waals surface area contributed by atoms with Gasteiger partial charge in [0, 0.05) is 6.04 Å². The first-order valence-electron chi connectivity index (χ1n) is 7.39. The van der Waals surface area contributed by atoms with E-state index in [1.54, 1.807) is 6.07 Å². The van der Waals surface area contributed by atoms with Gasteiger partial charge in [0.05, 0.1) is 5.56 Å². The second kappa shape index (κ2) is 8.17. The summed E-state index contributed by atoms with van der Waals surface area (Å²) in [4.78, 5) is 11.1. The number of aliphatic carboxylic acids is 1. The number of hydrogen-bond acceptors (Lipinski definition) is 2. The van der Waals surface area contributed by atoms with Gasteiger partial charge >= 0.3 is 12.1 Å². The standard InChI is InChI=1S/C16H22F3NO2/c1-3-5-14(15(21)22)20-11(2)8-9-12-6-4-7-13(10-12)16(17,18)19/h4,6-7,10-11,14,20H,3,5,8-9H2,1-2H3,(H,21,22). The third-order valence-electron chi connectivity index (χ3n) is 3.48. The number of benzene rings is 1. The zero-order valence-corrected chi connectivity index (χ0v) is 12.8. The second-order valence-electron chi connectivity index (χ2n) is 5.48. The Morgan fingerprint density at radius 2 is 2.00 bits per heavy atom. The molecule has 0 aromatic heterocycles. The van der Waals surface area contributed by atoms with Crippen LogP contribution in [0.4, 0.5) is 13.2 Å². The van der Waals surface area contributed by atoms with Gasteiger partial charge in [0.2, 0.25) is 0 Å². The molecule has 0 bridgehead atoms. The van der Waals surface area contributed by atoms with Crippen molar-refractivity contribution >= 4 is 5.97 Å². The molecule has 2 unspecified atom stereocenters. The van der Waals surface area contributed by atoms with Gasteiger partial charge in [0.1, 0.15) is 6.04 Å². The Kier molecular flexibility index (Phi) is 6.87. The van der Waals surface area contributed by atoms with Gasteiger partial charge in [-0.1, -0.05) is 31.5 Å². The molecule has 0 saturated carbocycles. The van der Waals surface area contributed by atoms with Crippen molar-refractivity contribution in [3.63, 3.8) is 0 Å². The average molecular weight is 317 g/mol. The van der Waals surface area contributed by atoms with Crippen molar-refractivity contribution in [3.05, 3.63) is 35.4 Å². The van der Waals surface area contributed by atoms with Crippen LogP contribution in [0.5, 0.6) is 0 Å². The number of halogens is 3. The summed E-state index contributed by atoms with van der Waals surface area (Å²) in [6.07, 6.45) is -2.01. The molecule has 0 amide bonds. The lowest BCUT2D eigenvalue weighted by Gasteiger charge is -2.20. The van der Waals surface area contributed by atoms with Crippen molar-refractivity contribution in [1.82, 2.24) is 5.32 Å². The minimum absolute atomic E-state index is 0.0813. The van der Waals surface area contributed by atoms with E-state index in [0.717, 1.165) is 18.6 Å². The zero-order chi connectivity index (χ0) is 16.8. The summed E-state index contributed by atoms with van der Waals surface area (Å²) in [5, 5.41) is 12.1. The molecule has 0 radical (unpaired) electrons. The molecule has 0 aliphatic heterocycles. The van der Waals surface area contributed by atoms with Gasteiger partial charge in [-0.05, 0) is 37.8 Å². The molecule has 3 nitrogen and oxygen atoms in total. The zero-order valence-electron chi connectivity index (χ0n) is 12.8. The molecule has 0 fully saturated rings. The van der Waals surface area contributed by atoms with E-state index in [0.29, 0.717) is 24.8 Å². The highest BCUT2D eigenvalue weighted by molar-refractivity contribution is 5.73. The fourth-order valence-electron chi connectivity index (χ4n) is 2.28. The number of alkyl halides is 3. The van der Waals surface area contributed by atoms with Crippen molar-refractivity contribution in [3.8, 4) is 0 Å². The maximum absolute atomic E-state index is 12.6. The highest BCUT2D eigenvalue weighted by atomic mass is 19.4. The smallest absolute Gasteiger partial charge is 0.416 e. The first kappa shape index (κ1) is 18.5. The number of hydrogen-bond donors (Lipinski definition) is 2. The summed E-state index contributed by atoms with van der Waals surface area (Å²) >= 11 is 0. The largest absolute Gasteiger partial charge is 0.480 e. The molecule has 2 atom stereocenters. The fourth-order valence-corrected chi connectivity index (χ4v) is 2.28. The third-order valence-corrected chi connectivity index (χ3v) is 3.48. The van der Waals surface area contributed by atoms with E-state index in [-0.39, 0.29) is 6.04 Å². The van der Waals surface area contributed by atoms with Crippen LogP contribution >= 0.6 is 0 Å². The second-order valence-corrected chi connectivity index (χ2v) is 5.48. The molecular formula is C16H22F3NO2. The maximum Gasteiger partial charge on any atom is 0.416 e. The van der Waals surface area contributed by atoms with Crippen LogP contribution in [0.3, 0.4) is 0 Å². The molecule has 0 aliphatic rings. The highest BCUT2D eigenvalue weighted by Gasteiger charge is 2.30. The van der Waals surface area contributed by atoms with E-state index in [9.17, 15) is 18.0 Å². The van der Waals surface area contributed by atoms with Crippen LogP contribution in [0.15, 0.2) is 24.3 Å². The van der Waals surface area contributed by atoms with Crippen LogP contribution in [-0.2, 0) is 17.4 Å². The number of nitrogens with one attached hydrogen (secondary N) is 1. The van der Waals surface area contributed by atoms with Gasteiger partial charge in [0.25, 0.3) is 0 Å². The number of rotatable bonds is 8. The number of carboxylic acid groups (broad SMARTS) is 1. The molecule has 0 aliphatic carbocycles. The molecule has 0 spiro atoms. The summed E-state index contributed by atoms with van der Waals surface area (Å²) < 4.78 is 37.9. The topological polar surface area (TPSA) is 49.3 Å². The van der Waals surface area contributed by atoms with Crippen molar-refractivity contribution in [2.45, 2.75) is 57.8 Å². The molecule has 1 rings (SSSR count). The normalized spacial score (nSPS) is 14.6. The molecule has 0 saturated heterocycles. The average Bonchev–Trinajstić information content (AvgIpc) is 2.44. The molecule has 6 heteroatoms. The summed E-state index contributed by atoms with van der Waals surface area (Å²) in [7, 11) is 0. The van der Waals surface area contributed by atoms with Crippen molar-refractivity contribution in [1.29, 1.82) is 0 Å². The predicted octanol–water partition coefficient (Wildman–Crippen LogP) is 3.87. The molecule has 124 valence electrons. The number of aryl methyl sites for hydroxylation is 1. The number of carboxylic acids is 1. The molecule has 1 aromatic rings. The highest BCUT2D eigenvalue weighted by Crippen LogP contribution is 2.29. The van der Waals surface area contributed by atoms with Gasteiger partial charge in [-0.2, -0.15) is 13.2 Å². The van der Waals surface area contributed by atoms with Crippen molar-refractivity contribution < 1.29 is 23.1 Å². The van der Waals surface area contributed by atoms with E-state index >= 15 is 0 Å². The summed E-state index contributed by atoms with van der Waals surface area (Å²) in [6.45, 7) is 3.75. The Labute approximate surface area is 128 Å². The molecule has 22 heavy (non-hydrogen) atoms. The Bertz CT molecular complexity index is 489. The molecule has 1 aromatic carbocycles. The van der Waals surface area contributed by atoms with Gasteiger partial charge in [-0.3, -0.25) is 4.79 Å². The minimum atomic E-state index is -4.34. The summed E-state index contributed by atoms with van der Waals surface area (Å²) in [5.74, 6) is -0.896.